The molecule has 2 nitrogen and oxygen atoms in total. The van der Waals surface area contributed by atoms with Crippen molar-refractivity contribution in [3.05, 3.63) is 35.4 Å². The number of ether oxygens (including phenoxy) is 1. The van der Waals surface area contributed by atoms with Crippen LogP contribution in [0.4, 0.5) is 8.78 Å². The van der Waals surface area contributed by atoms with Gasteiger partial charge < -0.3 is 10.1 Å². The van der Waals surface area contributed by atoms with Crippen molar-refractivity contribution < 1.29 is 13.5 Å². The third-order valence-corrected chi connectivity index (χ3v) is 2.07. The van der Waals surface area contributed by atoms with Gasteiger partial charge in [-0.3, -0.25) is 0 Å². The Morgan fingerprint density at radius 2 is 2.06 bits per heavy atom. The summed E-state index contributed by atoms with van der Waals surface area (Å²) in [4.78, 5) is 0. The summed E-state index contributed by atoms with van der Waals surface area (Å²) >= 11 is 0. The molecular weight excluding hydrogens is 280 g/mol. The van der Waals surface area contributed by atoms with Crippen LogP contribution in [0.15, 0.2) is 18.2 Å². The van der Waals surface area contributed by atoms with Gasteiger partial charge in [-0.05, 0) is 25.1 Å². The first-order valence-electron chi connectivity index (χ1n) is 4.79. The maximum Gasteiger partial charge on any atom is 0.127 e. The van der Waals surface area contributed by atoms with Crippen LogP contribution in [0.25, 0.3) is 0 Å². The second-order valence-corrected chi connectivity index (χ2v) is 3.47. The number of nitrogens with one attached hydrogen (secondary N) is 1. The Morgan fingerprint density at radius 3 is 2.69 bits per heavy atom. The van der Waals surface area contributed by atoms with Crippen molar-refractivity contribution in [3.8, 4) is 0 Å². The van der Waals surface area contributed by atoms with Gasteiger partial charge in [0.1, 0.15) is 11.6 Å². The maximum absolute atomic E-state index is 13.2. The predicted molar refractivity (Wildman–Crippen MR) is 64.9 cm³/mol. The first-order chi connectivity index (χ1) is 7.13. The lowest BCUT2D eigenvalue weighted by Crippen LogP contribution is -2.29. The lowest BCUT2D eigenvalue weighted by molar-refractivity contribution is 0.171. The average Bonchev–Trinajstić information content (AvgIpc) is 2.20. The van der Waals surface area contributed by atoms with Crippen LogP contribution in [0, 0.1) is 11.6 Å². The van der Waals surface area contributed by atoms with E-state index in [1.54, 1.807) is 7.11 Å². The summed E-state index contributed by atoms with van der Waals surface area (Å²) < 4.78 is 30.9. The van der Waals surface area contributed by atoms with E-state index in [-0.39, 0.29) is 23.0 Å². The molecule has 5 heteroatoms. The van der Waals surface area contributed by atoms with Crippen LogP contribution < -0.4 is 5.32 Å². The highest BCUT2D eigenvalue weighted by Crippen LogP contribution is 2.09. The smallest absolute Gasteiger partial charge is 0.127 e. The zero-order valence-electron chi connectivity index (χ0n) is 9.30. The van der Waals surface area contributed by atoms with Gasteiger partial charge in [0.05, 0.1) is 6.61 Å². The molecule has 1 rings (SSSR count). The van der Waals surface area contributed by atoms with Crippen molar-refractivity contribution >= 4 is 17.0 Å². The Labute approximate surface area is 105 Å². The van der Waals surface area contributed by atoms with Crippen LogP contribution in [0.1, 0.15) is 12.5 Å². The molecule has 0 aliphatic heterocycles. The molecule has 0 saturated heterocycles. The van der Waals surface area contributed by atoms with Crippen LogP contribution >= 0.6 is 17.0 Å². The van der Waals surface area contributed by atoms with E-state index in [1.807, 2.05) is 6.92 Å². The zero-order chi connectivity index (χ0) is 11.3. The Balaban J connectivity index is 0.00000225. The molecule has 16 heavy (non-hydrogen) atoms. The minimum atomic E-state index is -0.424. The van der Waals surface area contributed by atoms with Crippen molar-refractivity contribution in [1.29, 1.82) is 0 Å². The van der Waals surface area contributed by atoms with Crippen molar-refractivity contribution in [2.75, 3.05) is 13.7 Å². The topological polar surface area (TPSA) is 21.3 Å². The minimum absolute atomic E-state index is 0. The monoisotopic (exact) mass is 295 g/mol. The summed E-state index contributed by atoms with van der Waals surface area (Å²) in [5, 5.41) is 3.04. The fraction of sp³-hybridized carbons (Fsp3) is 0.455. The van der Waals surface area contributed by atoms with Gasteiger partial charge in [0.25, 0.3) is 0 Å². The van der Waals surface area contributed by atoms with E-state index in [1.165, 1.54) is 6.07 Å². The summed E-state index contributed by atoms with van der Waals surface area (Å²) in [7, 11) is 1.60. The Kier molecular flexibility index (Phi) is 7.45. The lowest BCUT2D eigenvalue weighted by Gasteiger charge is -2.12. The molecule has 92 valence electrons. The molecule has 0 saturated carbocycles. The van der Waals surface area contributed by atoms with Gasteiger partial charge in [-0.1, -0.05) is 0 Å². The van der Waals surface area contributed by atoms with E-state index < -0.39 is 11.6 Å². The normalized spacial score (nSPS) is 12.0. The van der Waals surface area contributed by atoms with Gasteiger partial charge in [0.15, 0.2) is 0 Å². The van der Waals surface area contributed by atoms with Gasteiger partial charge in [0.2, 0.25) is 0 Å². The van der Waals surface area contributed by atoms with Crippen molar-refractivity contribution in [3.63, 3.8) is 0 Å². The zero-order valence-corrected chi connectivity index (χ0v) is 11.0. The van der Waals surface area contributed by atoms with Gasteiger partial charge in [-0.15, -0.1) is 17.0 Å². The van der Waals surface area contributed by atoms with E-state index in [9.17, 15) is 8.78 Å². The van der Waals surface area contributed by atoms with Crippen LogP contribution in [0.5, 0.6) is 0 Å². The SMILES string of the molecule is Br.COCC(C)NCc1cc(F)ccc1F. The van der Waals surface area contributed by atoms with Crippen LogP contribution in [0.2, 0.25) is 0 Å². The molecule has 0 bridgehead atoms. The first kappa shape index (κ1) is 15.5. The van der Waals surface area contributed by atoms with E-state index in [0.29, 0.717) is 18.7 Å². The van der Waals surface area contributed by atoms with Crippen LogP contribution in [-0.2, 0) is 11.3 Å². The Hall–Kier alpha value is -0.520. The van der Waals surface area contributed by atoms with Gasteiger partial charge in [0, 0.05) is 25.3 Å². The second kappa shape index (κ2) is 7.70. The molecule has 1 atom stereocenters. The highest BCUT2D eigenvalue weighted by Gasteiger charge is 2.05. The number of methoxy groups -OCH3 is 1. The Bertz CT molecular complexity index is 323. The standard InChI is InChI=1S/C11H15F2NO.BrH/c1-8(7-15-2)14-6-9-5-10(12)3-4-11(9)13;/h3-5,8,14H,6-7H2,1-2H3;1H. The molecule has 1 unspecified atom stereocenters. The minimum Gasteiger partial charge on any atom is -0.383 e. The third kappa shape index (κ3) is 5.01. The molecule has 0 spiro atoms. The first-order valence-corrected chi connectivity index (χ1v) is 4.79. The van der Waals surface area contributed by atoms with Gasteiger partial charge >= 0.3 is 0 Å². The van der Waals surface area contributed by atoms with E-state index >= 15 is 0 Å². The van der Waals surface area contributed by atoms with Crippen molar-refractivity contribution in [2.24, 2.45) is 0 Å². The third-order valence-electron chi connectivity index (χ3n) is 2.07. The fourth-order valence-corrected chi connectivity index (χ4v) is 1.27. The van der Waals surface area contributed by atoms with Crippen molar-refractivity contribution in [1.82, 2.24) is 5.32 Å². The van der Waals surface area contributed by atoms with E-state index in [0.717, 1.165) is 12.1 Å². The number of hydrogen-bond donors (Lipinski definition) is 1. The second-order valence-electron chi connectivity index (χ2n) is 3.47. The number of benzene rings is 1. The summed E-state index contributed by atoms with van der Waals surface area (Å²) in [5.41, 5.74) is 0.331. The molecule has 1 aromatic rings. The van der Waals surface area contributed by atoms with E-state index in [4.69, 9.17) is 4.74 Å². The molecule has 0 radical (unpaired) electrons. The number of hydrogen-bond acceptors (Lipinski definition) is 2. The van der Waals surface area contributed by atoms with Gasteiger partial charge in [-0.25, -0.2) is 8.78 Å². The van der Waals surface area contributed by atoms with E-state index in [2.05, 4.69) is 5.32 Å². The number of halogens is 3. The molecule has 0 aliphatic carbocycles. The predicted octanol–water partition coefficient (Wildman–Crippen LogP) is 2.67. The van der Waals surface area contributed by atoms with Crippen molar-refractivity contribution in [2.45, 2.75) is 19.5 Å². The summed E-state index contributed by atoms with van der Waals surface area (Å²) in [5.74, 6) is -0.818. The van der Waals surface area contributed by atoms with Crippen LogP contribution in [0.3, 0.4) is 0 Å². The van der Waals surface area contributed by atoms with Crippen LogP contribution in [-0.4, -0.2) is 19.8 Å². The highest BCUT2D eigenvalue weighted by molar-refractivity contribution is 8.93. The average molecular weight is 296 g/mol. The molecule has 0 fully saturated rings. The van der Waals surface area contributed by atoms with Gasteiger partial charge in [-0.2, -0.15) is 0 Å². The molecule has 0 aliphatic rings. The fourth-order valence-electron chi connectivity index (χ4n) is 1.27. The largest absolute Gasteiger partial charge is 0.383 e. The maximum atomic E-state index is 13.2. The quantitative estimate of drug-likeness (QED) is 0.902. The molecule has 0 aromatic heterocycles. The summed E-state index contributed by atoms with van der Waals surface area (Å²) in [6, 6.07) is 3.55. The highest BCUT2D eigenvalue weighted by atomic mass is 79.9. The molecular formula is C11H16BrF2NO. The molecule has 1 N–H and O–H groups in total. The number of rotatable bonds is 5. The molecule has 0 amide bonds. The summed E-state index contributed by atoms with van der Waals surface area (Å²) in [6.45, 7) is 2.76. The molecule has 1 aromatic carbocycles. The Morgan fingerprint density at radius 1 is 1.38 bits per heavy atom. The molecule has 0 heterocycles. The summed E-state index contributed by atoms with van der Waals surface area (Å²) in [6.07, 6.45) is 0. The lowest BCUT2D eigenvalue weighted by atomic mass is 10.2.